The first kappa shape index (κ1) is 10.5. The number of nitrogens with one attached hydrogen (secondary N) is 1. The molecular weight excluding hydrogens is 180 g/mol. The van der Waals surface area contributed by atoms with Gasteiger partial charge in [0, 0.05) is 24.4 Å². The van der Waals surface area contributed by atoms with Crippen LogP contribution in [0.4, 0.5) is 11.4 Å². The summed E-state index contributed by atoms with van der Waals surface area (Å²) in [4.78, 5) is 10.4. The Kier molecular flexibility index (Phi) is 3.06. The van der Waals surface area contributed by atoms with E-state index in [9.17, 15) is 10.1 Å². The van der Waals surface area contributed by atoms with Gasteiger partial charge in [-0.1, -0.05) is 13.8 Å². The van der Waals surface area contributed by atoms with Gasteiger partial charge in [0.25, 0.3) is 5.69 Å². The fourth-order valence-electron chi connectivity index (χ4n) is 1.34. The molecule has 4 nitrogen and oxygen atoms in total. The summed E-state index contributed by atoms with van der Waals surface area (Å²) >= 11 is 0. The molecule has 0 aromatic heterocycles. The largest absolute Gasteiger partial charge is 0.388 e. The van der Waals surface area contributed by atoms with Gasteiger partial charge in [-0.3, -0.25) is 10.1 Å². The number of hydrogen-bond acceptors (Lipinski definition) is 3. The fraction of sp³-hybridized carbons (Fsp3) is 0.400. The van der Waals surface area contributed by atoms with Gasteiger partial charge in [0.1, 0.15) is 0 Å². The molecular formula is C10H14N2O2. The highest BCUT2D eigenvalue weighted by molar-refractivity contribution is 5.54. The van der Waals surface area contributed by atoms with E-state index in [0.29, 0.717) is 0 Å². The number of nitrogens with zero attached hydrogens (tertiary/aromatic N) is 1. The van der Waals surface area contributed by atoms with Crippen molar-refractivity contribution in [3.63, 3.8) is 0 Å². The van der Waals surface area contributed by atoms with Crippen LogP contribution in [0.3, 0.4) is 0 Å². The van der Waals surface area contributed by atoms with Crippen molar-refractivity contribution in [3.8, 4) is 0 Å². The second-order valence-electron chi connectivity index (χ2n) is 3.44. The molecule has 1 rings (SSSR count). The lowest BCUT2D eigenvalue weighted by molar-refractivity contribution is -0.385. The van der Waals surface area contributed by atoms with Crippen LogP contribution in [-0.4, -0.2) is 12.0 Å². The Labute approximate surface area is 83.1 Å². The number of nitro benzene ring substituents is 1. The van der Waals surface area contributed by atoms with Gasteiger partial charge in [-0.25, -0.2) is 0 Å². The lowest BCUT2D eigenvalue weighted by Crippen LogP contribution is -1.99. The summed E-state index contributed by atoms with van der Waals surface area (Å²) in [5.41, 5.74) is 1.86. The van der Waals surface area contributed by atoms with Crippen LogP contribution in [-0.2, 0) is 0 Å². The number of benzene rings is 1. The van der Waals surface area contributed by atoms with Crippen LogP contribution in [0.1, 0.15) is 25.3 Å². The van der Waals surface area contributed by atoms with Crippen molar-refractivity contribution in [2.75, 3.05) is 12.4 Å². The Morgan fingerprint density at radius 2 is 2.07 bits per heavy atom. The molecule has 0 aliphatic carbocycles. The molecule has 0 fully saturated rings. The van der Waals surface area contributed by atoms with Gasteiger partial charge in [0.05, 0.1) is 4.92 Å². The molecule has 0 unspecified atom stereocenters. The number of rotatable bonds is 3. The number of nitro groups is 1. The average Bonchev–Trinajstić information content (AvgIpc) is 2.16. The van der Waals surface area contributed by atoms with E-state index in [2.05, 4.69) is 5.32 Å². The molecule has 0 saturated carbocycles. The van der Waals surface area contributed by atoms with Gasteiger partial charge in [-0.05, 0) is 18.1 Å². The summed E-state index contributed by atoms with van der Waals surface area (Å²) in [5, 5.41) is 13.7. The quantitative estimate of drug-likeness (QED) is 0.594. The van der Waals surface area contributed by atoms with Crippen molar-refractivity contribution in [3.05, 3.63) is 33.9 Å². The molecule has 0 amide bonds. The Balaban J connectivity index is 3.24. The SMILES string of the molecule is CNc1ccc([N+](=O)[O-])c(C(C)C)c1. The molecule has 0 aliphatic heterocycles. The highest BCUT2D eigenvalue weighted by Crippen LogP contribution is 2.28. The second kappa shape index (κ2) is 4.09. The van der Waals surface area contributed by atoms with Crippen LogP contribution in [0.2, 0.25) is 0 Å². The van der Waals surface area contributed by atoms with E-state index in [-0.39, 0.29) is 16.5 Å². The molecule has 76 valence electrons. The zero-order valence-corrected chi connectivity index (χ0v) is 8.57. The third-order valence-corrected chi connectivity index (χ3v) is 2.13. The molecule has 0 saturated heterocycles. The third-order valence-electron chi connectivity index (χ3n) is 2.13. The van der Waals surface area contributed by atoms with Crippen LogP contribution < -0.4 is 5.32 Å². The van der Waals surface area contributed by atoms with E-state index < -0.39 is 0 Å². The highest BCUT2D eigenvalue weighted by Gasteiger charge is 2.16. The van der Waals surface area contributed by atoms with E-state index in [1.54, 1.807) is 19.2 Å². The molecule has 0 atom stereocenters. The van der Waals surface area contributed by atoms with Crippen molar-refractivity contribution in [2.24, 2.45) is 0 Å². The zero-order chi connectivity index (χ0) is 10.7. The van der Waals surface area contributed by atoms with Crippen molar-refractivity contribution in [1.29, 1.82) is 0 Å². The molecule has 1 N–H and O–H groups in total. The fourth-order valence-corrected chi connectivity index (χ4v) is 1.34. The molecule has 0 aliphatic rings. The van der Waals surface area contributed by atoms with Crippen LogP contribution >= 0.6 is 0 Å². The lowest BCUT2D eigenvalue weighted by Gasteiger charge is -2.08. The van der Waals surface area contributed by atoms with E-state index >= 15 is 0 Å². The summed E-state index contributed by atoms with van der Waals surface area (Å²) in [6.07, 6.45) is 0. The summed E-state index contributed by atoms with van der Waals surface area (Å²) in [5.74, 6) is 0.156. The molecule has 0 heterocycles. The molecule has 0 radical (unpaired) electrons. The second-order valence-corrected chi connectivity index (χ2v) is 3.44. The Morgan fingerprint density at radius 3 is 2.50 bits per heavy atom. The topological polar surface area (TPSA) is 55.2 Å². The van der Waals surface area contributed by atoms with Crippen LogP contribution in [0.25, 0.3) is 0 Å². The maximum Gasteiger partial charge on any atom is 0.272 e. The molecule has 14 heavy (non-hydrogen) atoms. The van der Waals surface area contributed by atoms with Crippen LogP contribution in [0, 0.1) is 10.1 Å². The summed E-state index contributed by atoms with van der Waals surface area (Å²) in [7, 11) is 1.80. The predicted octanol–water partition coefficient (Wildman–Crippen LogP) is 2.76. The Morgan fingerprint density at radius 1 is 1.43 bits per heavy atom. The summed E-state index contributed by atoms with van der Waals surface area (Å²) in [6.45, 7) is 3.89. The maximum atomic E-state index is 10.7. The van der Waals surface area contributed by atoms with E-state index in [0.717, 1.165) is 11.3 Å². The summed E-state index contributed by atoms with van der Waals surface area (Å²) in [6, 6.07) is 5.08. The van der Waals surface area contributed by atoms with Crippen molar-refractivity contribution >= 4 is 11.4 Å². The molecule has 0 spiro atoms. The monoisotopic (exact) mass is 194 g/mol. The normalized spacial score (nSPS) is 10.3. The van der Waals surface area contributed by atoms with Gasteiger partial charge in [-0.15, -0.1) is 0 Å². The molecule has 1 aromatic rings. The minimum atomic E-state index is -0.339. The smallest absolute Gasteiger partial charge is 0.272 e. The number of hydrogen-bond donors (Lipinski definition) is 1. The Bertz CT molecular complexity index is 348. The van der Waals surface area contributed by atoms with Gasteiger partial charge in [-0.2, -0.15) is 0 Å². The van der Waals surface area contributed by atoms with E-state index in [1.165, 1.54) is 0 Å². The maximum absolute atomic E-state index is 10.7. The van der Waals surface area contributed by atoms with Gasteiger partial charge in [0.2, 0.25) is 0 Å². The molecule has 1 aromatic carbocycles. The number of anilines is 1. The first-order valence-corrected chi connectivity index (χ1v) is 4.52. The van der Waals surface area contributed by atoms with Gasteiger partial charge < -0.3 is 5.32 Å². The molecule has 4 heteroatoms. The van der Waals surface area contributed by atoms with Crippen LogP contribution in [0.5, 0.6) is 0 Å². The summed E-state index contributed by atoms with van der Waals surface area (Å²) < 4.78 is 0. The third kappa shape index (κ3) is 2.02. The van der Waals surface area contributed by atoms with Crippen molar-refractivity contribution in [1.82, 2.24) is 0 Å². The zero-order valence-electron chi connectivity index (χ0n) is 8.57. The van der Waals surface area contributed by atoms with Crippen molar-refractivity contribution < 1.29 is 4.92 Å². The van der Waals surface area contributed by atoms with Crippen molar-refractivity contribution in [2.45, 2.75) is 19.8 Å². The molecule has 0 bridgehead atoms. The Hall–Kier alpha value is -1.58. The predicted molar refractivity (Wildman–Crippen MR) is 56.7 cm³/mol. The van der Waals surface area contributed by atoms with Gasteiger partial charge in [0.15, 0.2) is 0 Å². The lowest BCUT2D eigenvalue weighted by atomic mass is 10.0. The van der Waals surface area contributed by atoms with Gasteiger partial charge >= 0.3 is 0 Å². The average molecular weight is 194 g/mol. The standard InChI is InChI=1S/C10H14N2O2/c1-7(2)9-6-8(11-3)4-5-10(9)12(13)14/h4-7,11H,1-3H3. The first-order valence-electron chi connectivity index (χ1n) is 4.52. The van der Waals surface area contributed by atoms with E-state index in [4.69, 9.17) is 0 Å². The highest BCUT2D eigenvalue weighted by atomic mass is 16.6. The first-order chi connectivity index (χ1) is 6.56. The van der Waals surface area contributed by atoms with Crippen LogP contribution in [0.15, 0.2) is 18.2 Å². The minimum Gasteiger partial charge on any atom is -0.388 e. The minimum absolute atomic E-state index is 0.156. The van der Waals surface area contributed by atoms with E-state index in [1.807, 2.05) is 19.9 Å².